The average Bonchev–Trinajstić information content (AvgIpc) is 2.99. The van der Waals surface area contributed by atoms with Gasteiger partial charge in [0.1, 0.15) is 12.1 Å². The van der Waals surface area contributed by atoms with Crippen LogP contribution in [-0.2, 0) is 21.5 Å². The summed E-state index contributed by atoms with van der Waals surface area (Å²) in [4.78, 5) is 41.3. The number of imide groups is 1. The van der Waals surface area contributed by atoms with Crippen LogP contribution in [0.5, 0.6) is 0 Å². The van der Waals surface area contributed by atoms with Crippen LogP contribution in [0, 0.1) is 5.92 Å². The van der Waals surface area contributed by atoms with E-state index in [9.17, 15) is 14.4 Å². The van der Waals surface area contributed by atoms with E-state index in [4.69, 9.17) is 0 Å². The second kappa shape index (κ2) is 8.83. The van der Waals surface area contributed by atoms with Gasteiger partial charge in [-0.25, -0.2) is 4.79 Å². The molecule has 4 rings (SSSR count). The molecule has 0 saturated carbocycles. The first kappa shape index (κ1) is 21.6. The molecule has 0 aliphatic carbocycles. The summed E-state index contributed by atoms with van der Waals surface area (Å²) in [6, 6.07) is 17.1. The van der Waals surface area contributed by atoms with Crippen LogP contribution >= 0.6 is 15.9 Å². The summed E-state index contributed by atoms with van der Waals surface area (Å²) in [6.45, 7) is 2.76. The molecule has 2 fully saturated rings. The largest absolute Gasteiger partial charge is 0.341 e. The summed E-state index contributed by atoms with van der Waals surface area (Å²) in [5.74, 6) is -0.0361. The number of likely N-dealkylation sites (tertiary alicyclic amines) is 1. The van der Waals surface area contributed by atoms with Gasteiger partial charge in [-0.05, 0) is 55.4 Å². The summed E-state index contributed by atoms with van der Waals surface area (Å²) in [7, 11) is 0. The average molecular weight is 484 g/mol. The number of carbonyl (C=O) groups excluding carboxylic acids is 3. The first-order chi connectivity index (χ1) is 14.9. The fraction of sp³-hybridized carbons (Fsp3) is 0.375. The quantitative estimate of drug-likeness (QED) is 0.659. The molecule has 2 aromatic carbocycles. The second-order valence-corrected chi connectivity index (χ2v) is 9.39. The van der Waals surface area contributed by atoms with E-state index in [-0.39, 0.29) is 12.5 Å². The van der Waals surface area contributed by atoms with Gasteiger partial charge in [0, 0.05) is 17.6 Å². The molecule has 0 aromatic heterocycles. The van der Waals surface area contributed by atoms with E-state index < -0.39 is 17.5 Å². The van der Waals surface area contributed by atoms with E-state index in [0.29, 0.717) is 24.6 Å². The SMILES string of the molecule is C[C@@]1(c2cccc(Br)c2)NC(=O)N(CC(=O)N2CCC(Cc3ccccc3)CC2)C1=O. The zero-order chi connectivity index (χ0) is 22.0. The van der Waals surface area contributed by atoms with Crippen molar-refractivity contribution in [2.24, 2.45) is 5.92 Å². The first-order valence-electron chi connectivity index (χ1n) is 10.6. The molecule has 31 heavy (non-hydrogen) atoms. The molecule has 0 bridgehead atoms. The lowest BCUT2D eigenvalue weighted by Crippen LogP contribution is -2.46. The summed E-state index contributed by atoms with van der Waals surface area (Å²) in [5.41, 5.74) is 0.819. The first-order valence-corrected chi connectivity index (χ1v) is 11.4. The van der Waals surface area contributed by atoms with Crippen molar-refractivity contribution < 1.29 is 14.4 Å². The maximum absolute atomic E-state index is 13.1. The molecule has 162 valence electrons. The van der Waals surface area contributed by atoms with E-state index in [0.717, 1.165) is 28.6 Å². The van der Waals surface area contributed by atoms with Crippen LogP contribution in [0.4, 0.5) is 4.79 Å². The van der Waals surface area contributed by atoms with Crippen molar-refractivity contribution >= 4 is 33.8 Å². The molecule has 0 unspecified atom stereocenters. The second-order valence-electron chi connectivity index (χ2n) is 8.47. The molecule has 2 aliphatic rings. The van der Waals surface area contributed by atoms with Crippen LogP contribution < -0.4 is 5.32 Å². The maximum atomic E-state index is 13.1. The summed E-state index contributed by atoms with van der Waals surface area (Å²) < 4.78 is 0.821. The minimum Gasteiger partial charge on any atom is -0.341 e. The minimum atomic E-state index is -1.18. The Morgan fingerprint density at radius 2 is 1.81 bits per heavy atom. The van der Waals surface area contributed by atoms with Crippen molar-refractivity contribution in [2.75, 3.05) is 19.6 Å². The summed E-state index contributed by atoms with van der Waals surface area (Å²) >= 11 is 3.40. The van der Waals surface area contributed by atoms with Crippen LogP contribution in [0.1, 0.15) is 30.9 Å². The van der Waals surface area contributed by atoms with Crippen molar-refractivity contribution in [2.45, 2.75) is 31.7 Å². The normalized spacial score (nSPS) is 22.0. The molecular weight excluding hydrogens is 458 g/mol. The molecule has 6 nitrogen and oxygen atoms in total. The molecule has 1 atom stereocenters. The third kappa shape index (κ3) is 4.51. The molecule has 2 heterocycles. The van der Waals surface area contributed by atoms with Gasteiger partial charge in [0.05, 0.1) is 0 Å². The highest BCUT2D eigenvalue weighted by Crippen LogP contribution is 2.30. The Kier molecular flexibility index (Phi) is 6.14. The predicted molar refractivity (Wildman–Crippen MR) is 121 cm³/mol. The van der Waals surface area contributed by atoms with Crippen molar-refractivity contribution in [3.05, 3.63) is 70.2 Å². The van der Waals surface area contributed by atoms with Crippen molar-refractivity contribution in [1.82, 2.24) is 15.1 Å². The van der Waals surface area contributed by atoms with Gasteiger partial charge in [-0.2, -0.15) is 0 Å². The van der Waals surface area contributed by atoms with Crippen molar-refractivity contribution in [1.29, 1.82) is 0 Å². The number of hydrogen-bond donors (Lipinski definition) is 1. The van der Waals surface area contributed by atoms with Gasteiger partial charge in [0.15, 0.2) is 0 Å². The van der Waals surface area contributed by atoms with Gasteiger partial charge in [-0.1, -0.05) is 58.4 Å². The smallest absolute Gasteiger partial charge is 0.325 e. The van der Waals surface area contributed by atoms with Crippen LogP contribution in [-0.4, -0.2) is 47.3 Å². The summed E-state index contributed by atoms with van der Waals surface area (Å²) in [5, 5.41) is 2.76. The highest BCUT2D eigenvalue weighted by molar-refractivity contribution is 9.10. The molecule has 0 spiro atoms. The van der Waals surface area contributed by atoms with E-state index in [1.165, 1.54) is 5.56 Å². The Labute approximate surface area is 190 Å². The zero-order valence-corrected chi connectivity index (χ0v) is 19.1. The Morgan fingerprint density at radius 1 is 1.10 bits per heavy atom. The van der Waals surface area contributed by atoms with Crippen LogP contribution in [0.25, 0.3) is 0 Å². The Balaban J connectivity index is 1.35. The number of amides is 4. The molecule has 0 radical (unpaired) electrons. The fourth-order valence-corrected chi connectivity index (χ4v) is 4.80. The number of nitrogens with zero attached hydrogens (tertiary/aromatic N) is 2. The number of piperidine rings is 1. The van der Waals surface area contributed by atoms with E-state index >= 15 is 0 Å². The van der Waals surface area contributed by atoms with Gasteiger partial charge in [0.2, 0.25) is 5.91 Å². The monoisotopic (exact) mass is 483 g/mol. The number of nitrogens with one attached hydrogen (secondary N) is 1. The zero-order valence-electron chi connectivity index (χ0n) is 17.5. The molecule has 2 saturated heterocycles. The topological polar surface area (TPSA) is 69.7 Å². The molecule has 4 amide bonds. The van der Waals surface area contributed by atoms with Crippen molar-refractivity contribution in [3.63, 3.8) is 0 Å². The molecule has 7 heteroatoms. The number of rotatable bonds is 5. The van der Waals surface area contributed by atoms with Gasteiger partial charge in [-0.3, -0.25) is 14.5 Å². The van der Waals surface area contributed by atoms with E-state index in [2.05, 4.69) is 33.4 Å². The Morgan fingerprint density at radius 3 is 2.48 bits per heavy atom. The number of halogens is 1. The molecule has 2 aromatic rings. The number of benzene rings is 2. The van der Waals surface area contributed by atoms with E-state index in [1.807, 2.05) is 30.3 Å². The molecule has 2 aliphatic heterocycles. The van der Waals surface area contributed by atoms with Crippen LogP contribution in [0.3, 0.4) is 0 Å². The number of urea groups is 1. The van der Waals surface area contributed by atoms with Crippen LogP contribution in [0.15, 0.2) is 59.1 Å². The summed E-state index contributed by atoms with van der Waals surface area (Å²) in [6.07, 6.45) is 2.87. The standard InChI is InChI=1S/C24H26BrN3O3/c1-24(19-8-5-9-20(25)15-19)22(30)28(23(31)26-24)16-21(29)27-12-10-18(11-13-27)14-17-6-3-2-4-7-17/h2-9,15,18H,10-14,16H2,1H3,(H,26,31)/t24-/m0/s1. The maximum Gasteiger partial charge on any atom is 0.325 e. The molecular formula is C24H26BrN3O3. The lowest BCUT2D eigenvalue weighted by atomic mass is 9.90. The number of hydrogen-bond acceptors (Lipinski definition) is 3. The highest BCUT2D eigenvalue weighted by atomic mass is 79.9. The van der Waals surface area contributed by atoms with E-state index in [1.54, 1.807) is 24.0 Å². The number of carbonyl (C=O) groups is 3. The van der Waals surface area contributed by atoms with Gasteiger partial charge >= 0.3 is 6.03 Å². The third-order valence-electron chi connectivity index (χ3n) is 6.30. The Bertz CT molecular complexity index is 989. The lowest BCUT2D eigenvalue weighted by Gasteiger charge is -2.33. The van der Waals surface area contributed by atoms with Gasteiger partial charge in [-0.15, -0.1) is 0 Å². The van der Waals surface area contributed by atoms with Crippen molar-refractivity contribution in [3.8, 4) is 0 Å². The van der Waals surface area contributed by atoms with Gasteiger partial charge < -0.3 is 10.2 Å². The Hall–Kier alpha value is -2.67. The van der Waals surface area contributed by atoms with Crippen LogP contribution in [0.2, 0.25) is 0 Å². The highest BCUT2D eigenvalue weighted by Gasteiger charge is 2.49. The minimum absolute atomic E-state index is 0.180. The fourth-order valence-electron chi connectivity index (χ4n) is 4.40. The lowest BCUT2D eigenvalue weighted by molar-refractivity contribution is -0.139. The van der Waals surface area contributed by atoms with Gasteiger partial charge in [0.25, 0.3) is 5.91 Å². The third-order valence-corrected chi connectivity index (χ3v) is 6.80. The predicted octanol–water partition coefficient (Wildman–Crippen LogP) is 3.70. The molecule has 1 N–H and O–H groups in total.